The van der Waals surface area contributed by atoms with Crippen molar-refractivity contribution in [2.45, 2.75) is 65.5 Å². The molecule has 0 heterocycles. The molecule has 1 rings (SSSR count). The zero-order valence-electron chi connectivity index (χ0n) is 22.6. The van der Waals surface area contributed by atoms with Crippen molar-refractivity contribution in [1.82, 2.24) is 10.6 Å². The summed E-state index contributed by atoms with van der Waals surface area (Å²) in [4.78, 5) is 25.2. The molecule has 1 aromatic carbocycles. The predicted octanol–water partition coefficient (Wildman–Crippen LogP) is 3.93. The van der Waals surface area contributed by atoms with E-state index in [1.54, 1.807) is 35.0 Å². The summed E-state index contributed by atoms with van der Waals surface area (Å²) in [5.74, 6) is 1.36. The van der Waals surface area contributed by atoms with E-state index in [-0.39, 0.29) is 24.5 Å². The zero-order valence-corrected chi connectivity index (χ0v) is 22.6. The van der Waals surface area contributed by atoms with Crippen molar-refractivity contribution in [3.05, 3.63) is 23.8 Å². The molecule has 1 aromatic rings. The Morgan fingerprint density at radius 3 is 2.29 bits per heavy atom. The largest absolute Gasteiger partial charge is 0.493 e. The van der Waals surface area contributed by atoms with Crippen molar-refractivity contribution < 1.29 is 33.3 Å². The van der Waals surface area contributed by atoms with Crippen molar-refractivity contribution in [1.29, 1.82) is 0 Å². The Kier molecular flexibility index (Phi) is 13.5. The van der Waals surface area contributed by atoms with Crippen LogP contribution in [0.4, 0.5) is 4.79 Å². The normalized spacial score (nSPS) is 13.2. The van der Waals surface area contributed by atoms with Crippen LogP contribution in [0.3, 0.4) is 0 Å². The first-order chi connectivity index (χ1) is 16.5. The highest BCUT2D eigenvalue weighted by Crippen LogP contribution is 2.31. The standard InChI is InChI=1S/C26H44N2O7/c1-18(2)20(14-19-10-11-22(33-8)23(15-19)34-13-9-12-31-6)16-21(24(29)27-17-32-7)28-25(30)35-26(3,4)5/h10-11,15,18,20-21H,9,12-14,16-17H2,1-8H3,(H,27,29)(H,28,30)/t20-,21+/m1/s1. The summed E-state index contributed by atoms with van der Waals surface area (Å²) in [7, 11) is 4.76. The molecule has 9 heteroatoms. The molecule has 9 nitrogen and oxygen atoms in total. The second-order valence-electron chi connectivity index (χ2n) is 9.80. The van der Waals surface area contributed by atoms with E-state index in [0.29, 0.717) is 37.6 Å². The van der Waals surface area contributed by atoms with Gasteiger partial charge in [-0.15, -0.1) is 0 Å². The Bertz CT molecular complexity index is 777. The molecule has 0 aromatic heterocycles. The predicted molar refractivity (Wildman–Crippen MR) is 135 cm³/mol. The number of hydrogen-bond acceptors (Lipinski definition) is 7. The highest BCUT2D eigenvalue weighted by atomic mass is 16.6. The Balaban J connectivity index is 3.02. The molecule has 0 aliphatic carbocycles. The lowest BCUT2D eigenvalue weighted by Gasteiger charge is -2.28. The first-order valence-electron chi connectivity index (χ1n) is 12.1. The number of nitrogens with one attached hydrogen (secondary N) is 2. The Hall–Kier alpha value is -2.52. The lowest BCUT2D eigenvalue weighted by atomic mass is 9.84. The Morgan fingerprint density at radius 2 is 1.71 bits per heavy atom. The van der Waals surface area contributed by atoms with Gasteiger partial charge in [-0.3, -0.25) is 4.79 Å². The van der Waals surface area contributed by atoms with E-state index in [4.69, 9.17) is 23.7 Å². The van der Waals surface area contributed by atoms with E-state index >= 15 is 0 Å². The van der Waals surface area contributed by atoms with Crippen molar-refractivity contribution in [3.8, 4) is 11.5 Å². The highest BCUT2D eigenvalue weighted by Gasteiger charge is 2.28. The topological polar surface area (TPSA) is 104 Å². The minimum atomic E-state index is -0.768. The smallest absolute Gasteiger partial charge is 0.408 e. The molecule has 2 amide bonds. The third kappa shape index (κ3) is 12.1. The molecule has 35 heavy (non-hydrogen) atoms. The fraction of sp³-hybridized carbons (Fsp3) is 0.692. The van der Waals surface area contributed by atoms with Crippen LogP contribution in [0.15, 0.2) is 18.2 Å². The summed E-state index contributed by atoms with van der Waals surface area (Å²) in [6, 6.07) is 5.09. The monoisotopic (exact) mass is 496 g/mol. The third-order valence-corrected chi connectivity index (χ3v) is 5.36. The van der Waals surface area contributed by atoms with E-state index in [9.17, 15) is 9.59 Å². The number of rotatable bonds is 15. The van der Waals surface area contributed by atoms with Crippen LogP contribution >= 0.6 is 0 Å². The first kappa shape index (κ1) is 30.5. The van der Waals surface area contributed by atoms with Crippen molar-refractivity contribution in [2.24, 2.45) is 11.8 Å². The van der Waals surface area contributed by atoms with Crippen LogP contribution in [0, 0.1) is 11.8 Å². The van der Waals surface area contributed by atoms with E-state index in [1.165, 1.54) is 7.11 Å². The molecular weight excluding hydrogens is 452 g/mol. The van der Waals surface area contributed by atoms with E-state index < -0.39 is 17.7 Å². The van der Waals surface area contributed by atoms with Crippen LogP contribution in [0.5, 0.6) is 11.5 Å². The molecule has 0 aliphatic heterocycles. The van der Waals surface area contributed by atoms with Gasteiger partial charge in [0.1, 0.15) is 18.4 Å². The van der Waals surface area contributed by atoms with Crippen LogP contribution < -0.4 is 20.1 Å². The molecule has 200 valence electrons. The number of methoxy groups -OCH3 is 3. The van der Waals surface area contributed by atoms with E-state index in [0.717, 1.165) is 12.0 Å². The van der Waals surface area contributed by atoms with Crippen LogP contribution in [0.25, 0.3) is 0 Å². The van der Waals surface area contributed by atoms with E-state index in [2.05, 4.69) is 24.5 Å². The number of ether oxygens (including phenoxy) is 5. The van der Waals surface area contributed by atoms with Crippen LogP contribution in [0.2, 0.25) is 0 Å². The molecule has 0 saturated carbocycles. The van der Waals surface area contributed by atoms with E-state index in [1.807, 2.05) is 18.2 Å². The van der Waals surface area contributed by atoms with Gasteiger partial charge in [0.2, 0.25) is 5.91 Å². The molecule has 0 spiro atoms. The molecule has 0 bridgehead atoms. The quantitative estimate of drug-likeness (QED) is 0.280. The maximum Gasteiger partial charge on any atom is 0.408 e. The fourth-order valence-corrected chi connectivity index (χ4v) is 3.49. The van der Waals surface area contributed by atoms with Crippen LogP contribution in [-0.4, -0.2) is 64.9 Å². The van der Waals surface area contributed by atoms with Gasteiger partial charge in [-0.05, 0) is 63.1 Å². The number of carbonyl (C=O) groups excluding carboxylic acids is 2. The van der Waals surface area contributed by atoms with Crippen LogP contribution in [-0.2, 0) is 25.4 Å². The summed E-state index contributed by atoms with van der Waals surface area (Å²) in [5.41, 5.74) is 0.386. The maximum atomic E-state index is 12.8. The van der Waals surface area contributed by atoms with Gasteiger partial charge >= 0.3 is 6.09 Å². The summed E-state index contributed by atoms with van der Waals surface area (Å²) in [6.07, 6.45) is 1.27. The summed E-state index contributed by atoms with van der Waals surface area (Å²) in [5, 5.41) is 5.43. The molecule has 2 atom stereocenters. The average Bonchev–Trinajstić information content (AvgIpc) is 2.78. The van der Waals surface area contributed by atoms with Gasteiger partial charge in [0.15, 0.2) is 11.5 Å². The highest BCUT2D eigenvalue weighted by molar-refractivity contribution is 5.85. The second-order valence-corrected chi connectivity index (χ2v) is 9.80. The number of carbonyl (C=O) groups is 2. The van der Waals surface area contributed by atoms with Crippen molar-refractivity contribution >= 4 is 12.0 Å². The number of amides is 2. The molecule has 0 radical (unpaired) electrons. The zero-order chi connectivity index (χ0) is 26.4. The molecule has 0 saturated heterocycles. The van der Waals surface area contributed by atoms with Gasteiger partial charge in [0.05, 0.1) is 13.7 Å². The maximum absolute atomic E-state index is 12.8. The van der Waals surface area contributed by atoms with Crippen LogP contribution in [0.1, 0.15) is 53.0 Å². The lowest BCUT2D eigenvalue weighted by Crippen LogP contribution is -2.49. The molecule has 0 fully saturated rings. The third-order valence-electron chi connectivity index (χ3n) is 5.36. The SMILES string of the molecule is COCCCOc1cc(C[C@H](C[C@H](NC(=O)OC(C)(C)C)C(=O)NCOC)C(C)C)ccc1OC. The molecule has 0 unspecified atom stereocenters. The Morgan fingerprint density at radius 1 is 1.00 bits per heavy atom. The van der Waals surface area contributed by atoms with Gasteiger partial charge in [-0.1, -0.05) is 19.9 Å². The number of hydrogen-bond donors (Lipinski definition) is 2. The number of benzene rings is 1. The Labute approximate surface area is 210 Å². The summed E-state index contributed by atoms with van der Waals surface area (Å²) >= 11 is 0. The van der Waals surface area contributed by atoms with Crippen molar-refractivity contribution in [3.63, 3.8) is 0 Å². The first-order valence-corrected chi connectivity index (χ1v) is 12.1. The molecular formula is C26H44N2O7. The molecule has 0 aliphatic rings. The fourth-order valence-electron chi connectivity index (χ4n) is 3.49. The van der Waals surface area contributed by atoms with Gasteiger partial charge in [0, 0.05) is 27.2 Å². The van der Waals surface area contributed by atoms with Gasteiger partial charge < -0.3 is 34.3 Å². The minimum absolute atomic E-state index is 0.0555. The summed E-state index contributed by atoms with van der Waals surface area (Å²) < 4.78 is 26.8. The van der Waals surface area contributed by atoms with Gasteiger partial charge in [0.25, 0.3) is 0 Å². The second kappa shape index (κ2) is 15.5. The lowest BCUT2D eigenvalue weighted by molar-refractivity contribution is -0.125. The number of alkyl carbamates (subject to hydrolysis) is 1. The van der Waals surface area contributed by atoms with Crippen molar-refractivity contribution in [2.75, 3.05) is 41.3 Å². The molecule has 2 N–H and O–H groups in total. The average molecular weight is 497 g/mol. The van der Waals surface area contributed by atoms with Gasteiger partial charge in [-0.2, -0.15) is 0 Å². The minimum Gasteiger partial charge on any atom is -0.493 e. The van der Waals surface area contributed by atoms with Gasteiger partial charge in [-0.25, -0.2) is 4.79 Å². The summed E-state index contributed by atoms with van der Waals surface area (Å²) in [6.45, 7) is 10.7.